The Morgan fingerprint density at radius 2 is 1.76 bits per heavy atom. The number of carbonyl (C=O) groups excluding carboxylic acids is 1. The van der Waals surface area contributed by atoms with Crippen molar-refractivity contribution in [1.29, 1.82) is 0 Å². The summed E-state index contributed by atoms with van der Waals surface area (Å²) in [5.41, 5.74) is 0. The summed E-state index contributed by atoms with van der Waals surface area (Å²) in [5, 5.41) is 9.35. The van der Waals surface area contributed by atoms with Crippen molar-refractivity contribution in [3.05, 3.63) is 0 Å². The molecule has 2 fully saturated rings. The summed E-state index contributed by atoms with van der Waals surface area (Å²) in [5.74, 6) is -0.877. The normalized spacial score (nSPS) is 23.9. The second kappa shape index (κ2) is 7.64. The minimum Gasteiger partial charge on any atom is -0.480 e. The second-order valence-corrected chi connectivity index (χ2v) is 6.15. The first-order valence-electron chi connectivity index (χ1n) is 8.06. The van der Waals surface area contributed by atoms with Crippen LogP contribution in [0.5, 0.6) is 0 Å². The Morgan fingerprint density at radius 1 is 1.10 bits per heavy atom. The highest BCUT2D eigenvalue weighted by molar-refractivity contribution is 5.82. The summed E-state index contributed by atoms with van der Waals surface area (Å²) >= 11 is 0. The molecule has 0 aromatic heterocycles. The van der Waals surface area contributed by atoms with Gasteiger partial charge in [0.05, 0.1) is 0 Å². The average Bonchev–Trinajstić information content (AvgIpc) is 2.86. The lowest BCUT2D eigenvalue weighted by Crippen LogP contribution is -2.50. The Kier molecular flexibility index (Phi) is 5.85. The first-order valence-corrected chi connectivity index (χ1v) is 8.06. The summed E-state index contributed by atoms with van der Waals surface area (Å²) in [6.07, 6.45) is 5.84. The van der Waals surface area contributed by atoms with E-state index < -0.39 is 12.0 Å². The SMILES string of the molecule is CN(CCN1CCCC1)C(=O)N1CCCCCC1C(=O)O. The molecule has 0 radical (unpaired) electrons. The van der Waals surface area contributed by atoms with Crippen LogP contribution in [-0.2, 0) is 4.79 Å². The van der Waals surface area contributed by atoms with Gasteiger partial charge in [0, 0.05) is 26.7 Å². The fourth-order valence-corrected chi connectivity index (χ4v) is 3.21. The van der Waals surface area contributed by atoms with Gasteiger partial charge in [0.25, 0.3) is 0 Å². The van der Waals surface area contributed by atoms with Crippen LogP contribution in [0, 0.1) is 0 Å². The number of carboxylic acid groups (broad SMARTS) is 1. The summed E-state index contributed by atoms with van der Waals surface area (Å²) in [7, 11) is 1.78. The Morgan fingerprint density at radius 3 is 2.43 bits per heavy atom. The Hall–Kier alpha value is -1.30. The standard InChI is InChI=1S/C15H27N3O3/c1-16(11-12-17-8-5-6-9-17)15(21)18-10-4-2-3-7-13(18)14(19)20/h13H,2-12H2,1H3,(H,19,20). The predicted molar refractivity (Wildman–Crippen MR) is 80.3 cm³/mol. The van der Waals surface area contributed by atoms with Gasteiger partial charge < -0.3 is 19.8 Å². The van der Waals surface area contributed by atoms with Gasteiger partial charge in [-0.25, -0.2) is 9.59 Å². The molecule has 2 aliphatic heterocycles. The van der Waals surface area contributed by atoms with Crippen molar-refractivity contribution >= 4 is 12.0 Å². The van der Waals surface area contributed by atoms with Crippen molar-refractivity contribution in [1.82, 2.24) is 14.7 Å². The van der Waals surface area contributed by atoms with E-state index in [9.17, 15) is 14.7 Å². The van der Waals surface area contributed by atoms with Crippen LogP contribution < -0.4 is 0 Å². The molecule has 1 atom stereocenters. The molecule has 0 spiro atoms. The van der Waals surface area contributed by atoms with Crippen LogP contribution in [0.25, 0.3) is 0 Å². The smallest absolute Gasteiger partial charge is 0.326 e. The van der Waals surface area contributed by atoms with E-state index in [0.29, 0.717) is 19.5 Å². The second-order valence-electron chi connectivity index (χ2n) is 6.15. The van der Waals surface area contributed by atoms with Gasteiger partial charge in [0.15, 0.2) is 0 Å². The predicted octanol–water partition coefficient (Wildman–Crippen LogP) is 1.46. The molecule has 0 aromatic carbocycles. The van der Waals surface area contributed by atoms with Crippen LogP contribution in [0.15, 0.2) is 0 Å². The molecule has 0 aliphatic carbocycles. The number of rotatable bonds is 4. The first-order chi connectivity index (χ1) is 10.1. The summed E-state index contributed by atoms with van der Waals surface area (Å²) < 4.78 is 0. The third-order valence-corrected chi connectivity index (χ3v) is 4.56. The molecule has 6 nitrogen and oxygen atoms in total. The Balaban J connectivity index is 1.89. The van der Waals surface area contributed by atoms with E-state index in [2.05, 4.69) is 4.90 Å². The van der Waals surface area contributed by atoms with E-state index in [4.69, 9.17) is 0 Å². The van der Waals surface area contributed by atoms with Crippen LogP contribution in [0.4, 0.5) is 4.79 Å². The quantitative estimate of drug-likeness (QED) is 0.853. The zero-order chi connectivity index (χ0) is 15.2. The van der Waals surface area contributed by atoms with E-state index in [0.717, 1.165) is 38.9 Å². The van der Waals surface area contributed by atoms with Gasteiger partial charge in [0.2, 0.25) is 0 Å². The highest BCUT2D eigenvalue weighted by Crippen LogP contribution is 2.18. The number of amides is 2. The van der Waals surface area contributed by atoms with Gasteiger partial charge in [-0.2, -0.15) is 0 Å². The molecule has 2 saturated heterocycles. The monoisotopic (exact) mass is 297 g/mol. The largest absolute Gasteiger partial charge is 0.480 e. The average molecular weight is 297 g/mol. The lowest BCUT2D eigenvalue weighted by molar-refractivity contribution is -0.142. The van der Waals surface area contributed by atoms with Crippen molar-refractivity contribution in [2.24, 2.45) is 0 Å². The van der Waals surface area contributed by atoms with Gasteiger partial charge >= 0.3 is 12.0 Å². The molecular formula is C15H27N3O3. The maximum Gasteiger partial charge on any atom is 0.326 e. The van der Waals surface area contributed by atoms with Crippen LogP contribution in [0.2, 0.25) is 0 Å². The van der Waals surface area contributed by atoms with E-state index in [-0.39, 0.29) is 6.03 Å². The molecule has 21 heavy (non-hydrogen) atoms. The van der Waals surface area contributed by atoms with Crippen LogP contribution in [-0.4, -0.2) is 77.6 Å². The van der Waals surface area contributed by atoms with Gasteiger partial charge in [-0.1, -0.05) is 12.8 Å². The van der Waals surface area contributed by atoms with Crippen molar-refractivity contribution < 1.29 is 14.7 Å². The summed E-state index contributed by atoms with van der Waals surface area (Å²) in [6, 6.07) is -0.794. The third kappa shape index (κ3) is 4.33. The van der Waals surface area contributed by atoms with E-state index >= 15 is 0 Å². The maximum atomic E-state index is 12.5. The van der Waals surface area contributed by atoms with E-state index in [1.165, 1.54) is 12.8 Å². The van der Waals surface area contributed by atoms with Crippen LogP contribution in [0.3, 0.4) is 0 Å². The summed E-state index contributed by atoms with van der Waals surface area (Å²) in [4.78, 5) is 29.5. The topological polar surface area (TPSA) is 64.1 Å². The molecule has 2 rings (SSSR count). The first kappa shape index (κ1) is 16.1. The number of aliphatic carboxylic acids is 1. The minimum atomic E-state index is -0.877. The number of nitrogens with zero attached hydrogens (tertiary/aromatic N) is 3. The molecule has 2 heterocycles. The number of carboxylic acids is 1. The van der Waals surface area contributed by atoms with Gasteiger partial charge in [-0.3, -0.25) is 0 Å². The van der Waals surface area contributed by atoms with Crippen LogP contribution in [0.1, 0.15) is 38.5 Å². The molecule has 1 unspecified atom stereocenters. The highest BCUT2D eigenvalue weighted by atomic mass is 16.4. The van der Waals surface area contributed by atoms with Crippen molar-refractivity contribution in [3.63, 3.8) is 0 Å². The number of hydrogen-bond acceptors (Lipinski definition) is 3. The molecular weight excluding hydrogens is 270 g/mol. The lowest BCUT2D eigenvalue weighted by Gasteiger charge is -2.32. The van der Waals surface area contributed by atoms with Crippen molar-refractivity contribution in [2.75, 3.05) is 39.8 Å². The number of urea groups is 1. The van der Waals surface area contributed by atoms with Gasteiger partial charge in [-0.05, 0) is 38.8 Å². The highest BCUT2D eigenvalue weighted by Gasteiger charge is 2.32. The molecule has 120 valence electrons. The van der Waals surface area contributed by atoms with Crippen LogP contribution >= 0.6 is 0 Å². The molecule has 0 saturated carbocycles. The van der Waals surface area contributed by atoms with Gasteiger partial charge in [0.1, 0.15) is 6.04 Å². The molecule has 0 aromatic rings. The fourth-order valence-electron chi connectivity index (χ4n) is 3.21. The zero-order valence-electron chi connectivity index (χ0n) is 13.0. The molecule has 6 heteroatoms. The number of hydrogen-bond donors (Lipinski definition) is 1. The molecule has 2 aliphatic rings. The van der Waals surface area contributed by atoms with E-state index in [1.807, 2.05) is 0 Å². The molecule has 2 amide bonds. The van der Waals surface area contributed by atoms with Crippen molar-refractivity contribution in [3.8, 4) is 0 Å². The molecule has 1 N–H and O–H groups in total. The number of likely N-dealkylation sites (N-methyl/N-ethyl adjacent to an activating group) is 1. The fraction of sp³-hybridized carbons (Fsp3) is 0.867. The maximum absolute atomic E-state index is 12.5. The lowest BCUT2D eigenvalue weighted by atomic mass is 10.1. The zero-order valence-corrected chi connectivity index (χ0v) is 13.0. The third-order valence-electron chi connectivity index (χ3n) is 4.56. The Bertz CT molecular complexity index is 369. The van der Waals surface area contributed by atoms with Gasteiger partial charge in [-0.15, -0.1) is 0 Å². The summed E-state index contributed by atoms with van der Waals surface area (Å²) in [6.45, 7) is 4.34. The Labute approximate surface area is 126 Å². The van der Waals surface area contributed by atoms with Crippen molar-refractivity contribution in [2.45, 2.75) is 44.6 Å². The minimum absolute atomic E-state index is 0.136. The molecule has 0 bridgehead atoms. The number of likely N-dealkylation sites (tertiary alicyclic amines) is 2. The van der Waals surface area contributed by atoms with E-state index in [1.54, 1.807) is 16.8 Å². The number of carbonyl (C=O) groups is 2.